The van der Waals surface area contributed by atoms with E-state index in [1.807, 2.05) is 24.3 Å². The minimum Gasteiger partial charge on any atom is -0.383 e. The zero-order valence-electron chi connectivity index (χ0n) is 9.63. The van der Waals surface area contributed by atoms with Gasteiger partial charge in [-0.3, -0.25) is 0 Å². The first kappa shape index (κ1) is 11.0. The van der Waals surface area contributed by atoms with Gasteiger partial charge in [-0.05, 0) is 25.1 Å². The molecule has 0 radical (unpaired) electrons. The van der Waals surface area contributed by atoms with E-state index in [1.165, 1.54) is 0 Å². The molecule has 2 aromatic heterocycles. The van der Waals surface area contributed by atoms with E-state index in [4.69, 9.17) is 17.3 Å². The van der Waals surface area contributed by atoms with Crippen molar-refractivity contribution in [2.24, 2.45) is 0 Å². The van der Waals surface area contributed by atoms with Crippen LogP contribution in [0.4, 0.5) is 5.82 Å². The van der Waals surface area contributed by atoms with E-state index < -0.39 is 0 Å². The van der Waals surface area contributed by atoms with Gasteiger partial charge < -0.3 is 5.73 Å². The maximum atomic E-state index is 5.98. The van der Waals surface area contributed by atoms with Gasteiger partial charge in [0.05, 0.1) is 17.3 Å². The van der Waals surface area contributed by atoms with E-state index >= 15 is 0 Å². The summed E-state index contributed by atoms with van der Waals surface area (Å²) in [7, 11) is 0. The molecule has 0 bridgehead atoms. The zero-order valence-corrected chi connectivity index (χ0v) is 10.4. The number of halogens is 1. The molecule has 3 aromatic rings. The average Bonchev–Trinajstić information content (AvgIpc) is 2.72. The van der Waals surface area contributed by atoms with Crippen LogP contribution in [-0.2, 0) is 0 Å². The minimum absolute atomic E-state index is 0.436. The van der Waals surface area contributed by atoms with E-state index in [2.05, 4.69) is 15.1 Å². The van der Waals surface area contributed by atoms with Gasteiger partial charge in [0.2, 0.25) is 0 Å². The smallest absolute Gasteiger partial charge is 0.168 e. The molecule has 0 unspecified atom stereocenters. The maximum absolute atomic E-state index is 5.98. The topological polar surface area (TPSA) is 69.6 Å². The lowest BCUT2D eigenvalue weighted by molar-refractivity contribution is 0.890. The lowest BCUT2D eigenvalue weighted by atomic mass is 10.3. The predicted molar refractivity (Wildman–Crippen MR) is 70.8 cm³/mol. The Morgan fingerprint density at radius 1 is 1.28 bits per heavy atom. The van der Waals surface area contributed by atoms with Gasteiger partial charge >= 0.3 is 0 Å². The first-order valence-corrected chi connectivity index (χ1v) is 5.77. The summed E-state index contributed by atoms with van der Waals surface area (Å²) in [5.74, 6) is 1.05. The molecule has 1 aromatic carbocycles. The number of rotatable bonds is 1. The standard InChI is InChI=1S/C12H10ClN5/c1-7-16-11(14)10-6-15-18(12(10)17-7)9-4-2-3-8(13)5-9/h2-6H,1H3,(H2,14,16,17). The van der Waals surface area contributed by atoms with Crippen molar-refractivity contribution in [2.75, 3.05) is 5.73 Å². The number of hydrogen-bond donors (Lipinski definition) is 1. The summed E-state index contributed by atoms with van der Waals surface area (Å²) in [5.41, 5.74) is 7.37. The highest BCUT2D eigenvalue weighted by atomic mass is 35.5. The van der Waals surface area contributed by atoms with Crippen molar-refractivity contribution in [2.45, 2.75) is 6.92 Å². The number of hydrogen-bond acceptors (Lipinski definition) is 4. The van der Waals surface area contributed by atoms with Gasteiger partial charge in [-0.1, -0.05) is 17.7 Å². The highest BCUT2D eigenvalue weighted by molar-refractivity contribution is 6.30. The molecule has 6 heteroatoms. The lowest BCUT2D eigenvalue weighted by Crippen LogP contribution is -2.01. The van der Waals surface area contributed by atoms with Crippen LogP contribution in [0.15, 0.2) is 30.5 Å². The predicted octanol–water partition coefficient (Wildman–Crippen LogP) is 2.36. The molecule has 0 saturated heterocycles. The summed E-state index contributed by atoms with van der Waals surface area (Å²) < 4.78 is 1.70. The van der Waals surface area contributed by atoms with Crippen LogP contribution in [0.2, 0.25) is 5.02 Å². The van der Waals surface area contributed by atoms with Crippen molar-refractivity contribution in [3.8, 4) is 5.69 Å². The van der Waals surface area contributed by atoms with E-state index in [0.717, 1.165) is 11.1 Å². The molecule has 18 heavy (non-hydrogen) atoms. The highest BCUT2D eigenvalue weighted by Gasteiger charge is 2.10. The van der Waals surface area contributed by atoms with E-state index in [0.29, 0.717) is 22.3 Å². The van der Waals surface area contributed by atoms with Gasteiger partial charge in [-0.2, -0.15) is 5.10 Å². The molecule has 0 saturated carbocycles. The second-order valence-electron chi connectivity index (χ2n) is 3.93. The van der Waals surface area contributed by atoms with Gasteiger partial charge in [-0.25, -0.2) is 14.6 Å². The van der Waals surface area contributed by atoms with Crippen LogP contribution in [0.25, 0.3) is 16.7 Å². The Labute approximate surface area is 108 Å². The van der Waals surface area contributed by atoms with Gasteiger partial charge in [0.1, 0.15) is 11.6 Å². The van der Waals surface area contributed by atoms with Crippen LogP contribution in [0.3, 0.4) is 0 Å². The Hall–Kier alpha value is -2.14. The SMILES string of the molecule is Cc1nc(N)c2cnn(-c3cccc(Cl)c3)c2n1. The fraction of sp³-hybridized carbons (Fsp3) is 0.0833. The Morgan fingerprint density at radius 2 is 2.11 bits per heavy atom. The molecule has 0 aliphatic carbocycles. The van der Waals surface area contributed by atoms with Crippen molar-refractivity contribution in [1.29, 1.82) is 0 Å². The molecule has 3 rings (SSSR count). The third kappa shape index (κ3) is 1.69. The number of nitrogens with two attached hydrogens (primary N) is 1. The third-order valence-electron chi connectivity index (χ3n) is 2.62. The monoisotopic (exact) mass is 259 g/mol. The second kappa shape index (κ2) is 3.96. The number of anilines is 1. The van der Waals surface area contributed by atoms with Crippen LogP contribution in [-0.4, -0.2) is 19.7 Å². The van der Waals surface area contributed by atoms with Crippen LogP contribution in [0.5, 0.6) is 0 Å². The van der Waals surface area contributed by atoms with Gasteiger partial charge in [0, 0.05) is 5.02 Å². The molecule has 90 valence electrons. The van der Waals surface area contributed by atoms with Gasteiger partial charge in [0.25, 0.3) is 0 Å². The molecule has 0 amide bonds. The Balaban J connectivity index is 2.30. The van der Waals surface area contributed by atoms with Gasteiger partial charge in [-0.15, -0.1) is 0 Å². The number of benzene rings is 1. The molecule has 0 aliphatic heterocycles. The molecule has 0 atom stereocenters. The maximum Gasteiger partial charge on any atom is 0.168 e. The molecule has 0 aliphatic rings. The zero-order chi connectivity index (χ0) is 12.7. The summed E-state index contributed by atoms with van der Waals surface area (Å²) >= 11 is 5.98. The normalized spacial score (nSPS) is 11.0. The van der Waals surface area contributed by atoms with Crippen molar-refractivity contribution >= 4 is 28.5 Å². The fourth-order valence-electron chi connectivity index (χ4n) is 1.84. The van der Waals surface area contributed by atoms with Crippen molar-refractivity contribution in [1.82, 2.24) is 19.7 Å². The van der Waals surface area contributed by atoms with E-state index in [-0.39, 0.29) is 0 Å². The summed E-state index contributed by atoms with van der Waals surface area (Å²) in [5, 5.41) is 5.67. The largest absolute Gasteiger partial charge is 0.383 e. The number of nitrogen functional groups attached to an aromatic ring is 1. The number of fused-ring (bicyclic) bond motifs is 1. The van der Waals surface area contributed by atoms with E-state index in [9.17, 15) is 0 Å². The van der Waals surface area contributed by atoms with Crippen molar-refractivity contribution in [3.05, 3.63) is 41.3 Å². The Kier molecular flexibility index (Phi) is 2.41. The first-order valence-electron chi connectivity index (χ1n) is 5.39. The first-order chi connectivity index (χ1) is 8.65. The van der Waals surface area contributed by atoms with Crippen LogP contribution >= 0.6 is 11.6 Å². The molecular weight excluding hydrogens is 250 g/mol. The average molecular weight is 260 g/mol. The molecule has 2 heterocycles. The molecular formula is C12H10ClN5. The summed E-state index contributed by atoms with van der Waals surface area (Å²) in [4.78, 5) is 8.48. The Morgan fingerprint density at radius 3 is 2.89 bits per heavy atom. The molecule has 2 N–H and O–H groups in total. The summed E-state index contributed by atoms with van der Waals surface area (Å²) in [6, 6.07) is 7.40. The Bertz CT molecular complexity index is 734. The summed E-state index contributed by atoms with van der Waals surface area (Å²) in [6.07, 6.45) is 1.66. The molecule has 0 fully saturated rings. The molecule has 0 spiro atoms. The number of aromatic nitrogens is 4. The van der Waals surface area contributed by atoms with Gasteiger partial charge in [0.15, 0.2) is 5.65 Å². The van der Waals surface area contributed by atoms with Crippen molar-refractivity contribution in [3.63, 3.8) is 0 Å². The fourth-order valence-corrected chi connectivity index (χ4v) is 2.02. The number of aryl methyl sites for hydroxylation is 1. The summed E-state index contributed by atoms with van der Waals surface area (Å²) in [6.45, 7) is 1.80. The van der Waals surface area contributed by atoms with E-state index in [1.54, 1.807) is 17.8 Å². The quantitative estimate of drug-likeness (QED) is 0.728. The highest BCUT2D eigenvalue weighted by Crippen LogP contribution is 2.22. The third-order valence-corrected chi connectivity index (χ3v) is 2.86. The number of nitrogens with zero attached hydrogens (tertiary/aromatic N) is 4. The van der Waals surface area contributed by atoms with Crippen LogP contribution < -0.4 is 5.73 Å². The molecule has 5 nitrogen and oxygen atoms in total. The lowest BCUT2D eigenvalue weighted by Gasteiger charge is -2.04. The minimum atomic E-state index is 0.436. The van der Waals surface area contributed by atoms with Crippen LogP contribution in [0, 0.1) is 6.92 Å². The second-order valence-corrected chi connectivity index (χ2v) is 4.37. The van der Waals surface area contributed by atoms with Crippen molar-refractivity contribution < 1.29 is 0 Å². The van der Waals surface area contributed by atoms with Crippen LogP contribution in [0.1, 0.15) is 5.82 Å².